The van der Waals surface area contributed by atoms with Crippen LogP contribution < -0.4 is 5.73 Å². The predicted octanol–water partition coefficient (Wildman–Crippen LogP) is 1.22. The molecule has 1 saturated heterocycles. The zero-order valence-electron chi connectivity index (χ0n) is 11.2. The van der Waals surface area contributed by atoms with Gasteiger partial charge in [-0.3, -0.25) is 0 Å². The predicted molar refractivity (Wildman–Crippen MR) is 65.8 cm³/mol. The first-order valence-corrected chi connectivity index (χ1v) is 6.07. The second-order valence-electron chi connectivity index (χ2n) is 5.48. The quantitative estimate of drug-likeness (QED) is 0.810. The summed E-state index contributed by atoms with van der Waals surface area (Å²) < 4.78 is 10.5. The molecule has 2 N–H and O–H groups in total. The van der Waals surface area contributed by atoms with Crippen molar-refractivity contribution in [1.29, 1.82) is 0 Å². The third kappa shape index (κ3) is 3.85. The number of nitrogens with two attached hydrogens (primary N) is 1. The molecule has 1 fully saturated rings. The van der Waals surface area contributed by atoms with E-state index in [0.717, 1.165) is 6.42 Å². The molecule has 1 aliphatic heterocycles. The SMILES string of the molecule is COC[C@@H]1[C@H](CN)CCN1C(=O)OC(C)(C)C. The van der Waals surface area contributed by atoms with Gasteiger partial charge in [-0.1, -0.05) is 0 Å². The molecule has 0 aromatic rings. The maximum Gasteiger partial charge on any atom is 0.410 e. The number of hydrogen-bond donors (Lipinski definition) is 1. The highest BCUT2D eigenvalue weighted by Gasteiger charge is 2.38. The molecule has 0 unspecified atom stereocenters. The van der Waals surface area contributed by atoms with Crippen molar-refractivity contribution in [3.8, 4) is 0 Å². The van der Waals surface area contributed by atoms with Crippen LogP contribution in [0.15, 0.2) is 0 Å². The Hall–Kier alpha value is -0.810. The molecule has 0 radical (unpaired) electrons. The van der Waals surface area contributed by atoms with Crippen molar-refractivity contribution >= 4 is 6.09 Å². The summed E-state index contributed by atoms with van der Waals surface area (Å²) in [6.45, 7) is 7.39. The average Bonchev–Trinajstić information content (AvgIpc) is 2.59. The minimum Gasteiger partial charge on any atom is -0.444 e. The number of carbonyl (C=O) groups is 1. The lowest BCUT2D eigenvalue weighted by atomic mass is 10.0. The lowest BCUT2D eigenvalue weighted by Gasteiger charge is -2.30. The van der Waals surface area contributed by atoms with Gasteiger partial charge in [0.1, 0.15) is 5.60 Å². The third-order valence-corrected chi connectivity index (χ3v) is 2.95. The molecule has 1 aliphatic rings. The Labute approximate surface area is 103 Å². The van der Waals surface area contributed by atoms with Gasteiger partial charge in [-0.2, -0.15) is 0 Å². The van der Waals surface area contributed by atoms with Crippen LogP contribution in [-0.4, -0.2) is 49.4 Å². The summed E-state index contributed by atoms with van der Waals surface area (Å²) in [6, 6.07) is 0.0415. The van der Waals surface area contributed by atoms with Gasteiger partial charge in [0.15, 0.2) is 0 Å². The average molecular weight is 244 g/mol. The Bertz CT molecular complexity index is 263. The Morgan fingerprint density at radius 2 is 2.12 bits per heavy atom. The zero-order chi connectivity index (χ0) is 13.1. The van der Waals surface area contributed by atoms with E-state index in [4.69, 9.17) is 15.2 Å². The van der Waals surface area contributed by atoms with E-state index in [1.807, 2.05) is 20.8 Å². The van der Waals surface area contributed by atoms with Gasteiger partial charge in [-0.05, 0) is 39.7 Å². The highest BCUT2D eigenvalue weighted by Crippen LogP contribution is 2.25. The van der Waals surface area contributed by atoms with Crippen LogP contribution in [0.2, 0.25) is 0 Å². The van der Waals surface area contributed by atoms with Gasteiger partial charge in [0, 0.05) is 13.7 Å². The number of methoxy groups -OCH3 is 1. The number of nitrogens with zero attached hydrogens (tertiary/aromatic N) is 1. The van der Waals surface area contributed by atoms with Crippen molar-refractivity contribution in [2.24, 2.45) is 11.7 Å². The van der Waals surface area contributed by atoms with Gasteiger partial charge in [0.2, 0.25) is 0 Å². The van der Waals surface area contributed by atoms with Gasteiger partial charge in [-0.15, -0.1) is 0 Å². The number of carbonyl (C=O) groups excluding carboxylic acids is 1. The van der Waals surface area contributed by atoms with E-state index in [1.54, 1.807) is 12.0 Å². The summed E-state index contributed by atoms with van der Waals surface area (Å²) in [4.78, 5) is 13.8. The first-order valence-electron chi connectivity index (χ1n) is 6.07. The highest BCUT2D eigenvalue weighted by atomic mass is 16.6. The monoisotopic (exact) mass is 244 g/mol. The van der Waals surface area contributed by atoms with Gasteiger partial charge >= 0.3 is 6.09 Å². The fraction of sp³-hybridized carbons (Fsp3) is 0.917. The largest absolute Gasteiger partial charge is 0.444 e. The molecule has 0 bridgehead atoms. The van der Waals surface area contributed by atoms with Crippen LogP contribution >= 0.6 is 0 Å². The molecule has 0 aliphatic carbocycles. The molecular formula is C12H24N2O3. The van der Waals surface area contributed by atoms with Crippen molar-refractivity contribution < 1.29 is 14.3 Å². The van der Waals surface area contributed by atoms with Crippen molar-refractivity contribution in [1.82, 2.24) is 4.90 Å². The fourth-order valence-electron chi connectivity index (χ4n) is 2.14. The van der Waals surface area contributed by atoms with Gasteiger partial charge in [-0.25, -0.2) is 4.79 Å². The van der Waals surface area contributed by atoms with Crippen molar-refractivity contribution in [2.45, 2.75) is 38.8 Å². The second kappa shape index (κ2) is 5.69. The molecule has 2 atom stereocenters. The van der Waals surface area contributed by atoms with E-state index in [-0.39, 0.29) is 12.1 Å². The minimum atomic E-state index is -0.463. The summed E-state index contributed by atoms with van der Waals surface area (Å²) in [7, 11) is 1.64. The maximum absolute atomic E-state index is 12.0. The molecule has 0 saturated carbocycles. The molecule has 0 aromatic heterocycles. The molecule has 5 nitrogen and oxygen atoms in total. The second-order valence-corrected chi connectivity index (χ2v) is 5.48. The smallest absolute Gasteiger partial charge is 0.410 e. The van der Waals surface area contributed by atoms with Crippen LogP contribution in [0.25, 0.3) is 0 Å². The van der Waals surface area contributed by atoms with E-state index in [9.17, 15) is 4.79 Å². The van der Waals surface area contributed by atoms with E-state index in [0.29, 0.717) is 25.6 Å². The lowest BCUT2D eigenvalue weighted by Crippen LogP contribution is -2.44. The number of likely N-dealkylation sites (tertiary alicyclic amines) is 1. The summed E-state index contributed by atoms with van der Waals surface area (Å²) in [6.07, 6.45) is 0.652. The van der Waals surface area contributed by atoms with Crippen LogP contribution in [-0.2, 0) is 9.47 Å². The molecule has 100 valence electrons. The standard InChI is InChI=1S/C12H24N2O3/c1-12(2,3)17-11(15)14-6-5-9(7-13)10(14)8-16-4/h9-10H,5-8,13H2,1-4H3/t9-,10+/m0/s1. The van der Waals surface area contributed by atoms with Crippen LogP contribution in [0, 0.1) is 5.92 Å². The first kappa shape index (κ1) is 14.3. The Balaban J connectivity index is 2.66. The van der Waals surface area contributed by atoms with Crippen LogP contribution in [0.4, 0.5) is 4.79 Å². The minimum absolute atomic E-state index is 0.0415. The maximum atomic E-state index is 12.0. The van der Waals surface area contributed by atoms with E-state index in [1.165, 1.54) is 0 Å². The highest BCUT2D eigenvalue weighted by molar-refractivity contribution is 5.69. The Morgan fingerprint density at radius 1 is 1.47 bits per heavy atom. The molecule has 1 amide bonds. The molecular weight excluding hydrogens is 220 g/mol. The van der Waals surface area contributed by atoms with Gasteiger partial charge in [0.05, 0.1) is 12.6 Å². The summed E-state index contributed by atoms with van der Waals surface area (Å²) in [5.74, 6) is 0.308. The Kier molecular flexibility index (Phi) is 4.77. The molecule has 1 heterocycles. The lowest BCUT2D eigenvalue weighted by molar-refractivity contribution is 0.0115. The first-order chi connectivity index (χ1) is 7.89. The van der Waals surface area contributed by atoms with Crippen molar-refractivity contribution in [3.05, 3.63) is 0 Å². The van der Waals surface area contributed by atoms with Gasteiger partial charge in [0.25, 0.3) is 0 Å². The fourth-order valence-corrected chi connectivity index (χ4v) is 2.14. The van der Waals surface area contributed by atoms with Crippen LogP contribution in [0.5, 0.6) is 0 Å². The topological polar surface area (TPSA) is 64.8 Å². The molecule has 5 heteroatoms. The molecule has 1 rings (SSSR count). The Morgan fingerprint density at radius 3 is 2.59 bits per heavy atom. The zero-order valence-corrected chi connectivity index (χ0v) is 11.2. The van der Waals surface area contributed by atoms with Gasteiger partial charge < -0.3 is 20.1 Å². The van der Waals surface area contributed by atoms with Crippen molar-refractivity contribution in [3.63, 3.8) is 0 Å². The molecule has 0 aromatic carbocycles. The van der Waals surface area contributed by atoms with E-state index in [2.05, 4.69) is 0 Å². The van der Waals surface area contributed by atoms with E-state index >= 15 is 0 Å². The summed E-state index contributed by atoms with van der Waals surface area (Å²) in [5, 5.41) is 0. The number of hydrogen-bond acceptors (Lipinski definition) is 4. The number of ether oxygens (including phenoxy) is 2. The third-order valence-electron chi connectivity index (χ3n) is 2.95. The summed E-state index contributed by atoms with van der Waals surface area (Å²) >= 11 is 0. The van der Waals surface area contributed by atoms with Crippen LogP contribution in [0.1, 0.15) is 27.2 Å². The number of amides is 1. The molecule has 17 heavy (non-hydrogen) atoms. The summed E-state index contributed by atoms with van der Waals surface area (Å²) in [5.41, 5.74) is 5.25. The number of rotatable bonds is 3. The normalized spacial score (nSPS) is 25.1. The van der Waals surface area contributed by atoms with E-state index < -0.39 is 5.60 Å². The molecule has 0 spiro atoms. The van der Waals surface area contributed by atoms with Crippen molar-refractivity contribution in [2.75, 3.05) is 26.8 Å². The van der Waals surface area contributed by atoms with Crippen LogP contribution in [0.3, 0.4) is 0 Å².